The highest BCUT2D eigenvalue weighted by molar-refractivity contribution is 7.97. The minimum atomic E-state index is -2.24. The largest absolute Gasteiger partial charge is 0.307 e. The number of amides is 1. The van der Waals surface area contributed by atoms with E-state index in [0.717, 1.165) is 18.4 Å². The predicted molar refractivity (Wildman–Crippen MR) is 143 cm³/mol. The molecule has 1 heterocycles. The number of carbonyl (C=O) groups is 1. The Hall–Kier alpha value is -3.84. The fourth-order valence-electron chi connectivity index (χ4n) is 4.86. The molecule has 1 aromatic heterocycles. The maximum Gasteiger partial charge on any atom is 0.242 e. The molecule has 0 bridgehead atoms. The zero-order valence-corrected chi connectivity index (χ0v) is 22.5. The molecule has 1 fully saturated rings. The predicted octanol–water partition coefficient (Wildman–Crippen LogP) is 6.44. The molecule has 0 unspecified atom stereocenters. The number of halogens is 5. The molecular weight excluding hydrogens is 563 g/mol. The molecular formula is C28H25F5N6OS. The first-order valence-corrected chi connectivity index (χ1v) is 13.8. The van der Waals surface area contributed by atoms with Crippen molar-refractivity contribution in [2.24, 2.45) is 0 Å². The number of anilines is 1. The molecule has 0 atom stereocenters. The van der Waals surface area contributed by atoms with Gasteiger partial charge in [-0.1, -0.05) is 43.5 Å². The van der Waals surface area contributed by atoms with E-state index in [4.69, 9.17) is 0 Å². The van der Waals surface area contributed by atoms with Gasteiger partial charge in [-0.25, -0.2) is 27.1 Å². The van der Waals surface area contributed by atoms with E-state index in [1.807, 2.05) is 12.1 Å². The van der Waals surface area contributed by atoms with Crippen molar-refractivity contribution in [3.63, 3.8) is 0 Å². The summed E-state index contributed by atoms with van der Waals surface area (Å²) in [7, 11) is 0. The van der Waals surface area contributed by atoms with Gasteiger partial charge >= 0.3 is 0 Å². The average molecular weight is 589 g/mol. The fourth-order valence-corrected chi connectivity index (χ4v) is 5.56. The standard InChI is InChI=1S/C28H25F5N6OS/c29-22-23(30)25(32)27(26(33)24(22)31)41-34-14-21(40)39(20-12-10-19(11-13-20)28-35-37-38-36-28)15-16-6-8-18(9-7-16)17-4-2-1-3-5-17/h6-13,17,34H,1-5,14-15H2,(H,35,36,37,38). The van der Waals surface area contributed by atoms with Crippen molar-refractivity contribution in [3.8, 4) is 11.4 Å². The lowest BCUT2D eigenvalue weighted by Gasteiger charge is -2.25. The number of rotatable bonds is 9. The number of hydrogen-bond donors (Lipinski definition) is 2. The number of H-pyrrole nitrogens is 1. The summed E-state index contributed by atoms with van der Waals surface area (Å²) in [5, 5.41) is 13.6. The Balaban J connectivity index is 1.33. The van der Waals surface area contributed by atoms with Gasteiger partial charge in [0, 0.05) is 11.3 Å². The van der Waals surface area contributed by atoms with E-state index in [1.165, 1.54) is 29.7 Å². The monoisotopic (exact) mass is 588 g/mol. The average Bonchev–Trinajstić information content (AvgIpc) is 3.56. The molecule has 0 spiro atoms. The second-order valence-corrected chi connectivity index (χ2v) is 10.6. The van der Waals surface area contributed by atoms with Gasteiger partial charge < -0.3 is 4.90 Å². The van der Waals surface area contributed by atoms with Crippen molar-refractivity contribution < 1.29 is 26.7 Å². The van der Waals surface area contributed by atoms with Gasteiger partial charge in [0.15, 0.2) is 29.1 Å². The zero-order chi connectivity index (χ0) is 28.9. The summed E-state index contributed by atoms with van der Waals surface area (Å²) >= 11 is 0.156. The van der Waals surface area contributed by atoms with Crippen LogP contribution in [-0.2, 0) is 11.3 Å². The van der Waals surface area contributed by atoms with Gasteiger partial charge in [0.25, 0.3) is 0 Å². The van der Waals surface area contributed by atoms with Gasteiger partial charge in [-0.15, -0.1) is 5.10 Å². The van der Waals surface area contributed by atoms with Crippen LogP contribution in [0.4, 0.5) is 27.6 Å². The highest BCUT2D eigenvalue weighted by Crippen LogP contribution is 2.33. The minimum Gasteiger partial charge on any atom is -0.307 e. The fraction of sp³-hybridized carbons (Fsp3) is 0.286. The third kappa shape index (κ3) is 6.41. The van der Waals surface area contributed by atoms with Crippen LogP contribution in [-0.4, -0.2) is 33.1 Å². The molecule has 0 aliphatic heterocycles. The van der Waals surface area contributed by atoms with E-state index in [0.29, 0.717) is 23.0 Å². The van der Waals surface area contributed by atoms with Crippen LogP contribution in [0.5, 0.6) is 0 Å². The Morgan fingerprint density at radius 3 is 2.12 bits per heavy atom. The van der Waals surface area contributed by atoms with Crippen molar-refractivity contribution in [2.45, 2.75) is 49.5 Å². The van der Waals surface area contributed by atoms with Crippen LogP contribution in [0.2, 0.25) is 0 Å². The first kappa shape index (κ1) is 28.7. The Morgan fingerprint density at radius 2 is 1.51 bits per heavy atom. The van der Waals surface area contributed by atoms with Crippen LogP contribution < -0.4 is 9.62 Å². The topological polar surface area (TPSA) is 86.8 Å². The van der Waals surface area contributed by atoms with Gasteiger partial charge in [-0.2, -0.15) is 0 Å². The number of aromatic amines is 1. The summed E-state index contributed by atoms with van der Waals surface area (Å²) < 4.78 is 71.1. The lowest BCUT2D eigenvalue weighted by molar-refractivity contribution is -0.117. The van der Waals surface area contributed by atoms with Crippen LogP contribution in [0.3, 0.4) is 0 Å². The van der Waals surface area contributed by atoms with Crippen molar-refractivity contribution in [1.29, 1.82) is 0 Å². The van der Waals surface area contributed by atoms with Crippen molar-refractivity contribution in [1.82, 2.24) is 25.3 Å². The SMILES string of the molecule is O=C(CNSc1c(F)c(F)c(F)c(F)c1F)N(Cc1ccc(C2CCCCC2)cc1)c1ccc(-c2nnn[nH]2)cc1. The van der Waals surface area contributed by atoms with Crippen LogP contribution >= 0.6 is 11.9 Å². The van der Waals surface area contributed by atoms with Gasteiger partial charge in [0.2, 0.25) is 11.7 Å². The van der Waals surface area contributed by atoms with Crippen LogP contribution in [0.25, 0.3) is 11.4 Å². The van der Waals surface area contributed by atoms with Crippen molar-refractivity contribution in [3.05, 3.63) is 88.7 Å². The summed E-state index contributed by atoms with van der Waals surface area (Å²) in [6.45, 7) is -0.278. The zero-order valence-electron chi connectivity index (χ0n) is 21.6. The molecule has 41 heavy (non-hydrogen) atoms. The molecule has 0 saturated heterocycles. The smallest absolute Gasteiger partial charge is 0.242 e. The number of nitrogens with zero attached hydrogens (tertiary/aromatic N) is 4. The third-order valence-corrected chi connectivity index (χ3v) is 7.91. The summed E-state index contributed by atoms with van der Waals surface area (Å²) in [4.78, 5) is 13.7. The summed E-state index contributed by atoms with van der Waals surface area (Å²) in [6, 6.07) is 14.9. The van der Waals surface area contributed by atoms with Crippen LogP contribution in [0.15, 0.2) is 53.4 Å². The Bertz CT molecular complexity index is 1470. The summed E-state index contributed by atoms with van der Waals surface area (Å²) in [6.07, 6.45) is 6.00. The van der Waals surface area contributed by atoms with Crippen LogP contribution in [0, 0.1) is 29.1 Å². The van der Waals surface area contributed by atoms with Gasteiger partial charge in [-0.3, -0.25) is 9.52 Å². The van der Waals surface area contributed by atoms with Gasteiger partial charge in [0.1, 0.15) is 4.90 Å². The number of aromatic nitrogens is 4. The molecule has 5 rings (SSSR count). The number of benzene rings is 3. The maximum atomic E-state index is 14.1. The molecule has 1 aliphatic carbocycles. The molecule has 1 saturated carbocycles. The third-order valence-electron chi connectivity index (χ3n) is 7.06. The highest BCUT2D eigenvalue weighted by atomic mass is 32.2. The molecule has 1 amide bonds. The number of hydrogen-bond acceptors (Lipinski definition) is 6. The van der Waals surface area contributed by atoms with Crippen LogP contribution in [0.1, 0.15) is 49.1 Å². The minimum absolute atomic E-state index is 0.156. The summed E-state index contributed by atoms with van der Waals surface area (Å²) in [5.74, 6) is -9.83. The first-order chi connectivity index (χ1) is 19.8. The first-order valence-electron chi connectivity index (χ1n) is 13.0. The summed E-state index contributed by atoms with van der Waals surface area (Å²) in [5.41, 5.74) is 3.32. The van der Waals surface area contributed by atoms with E-state index >= 15 is 0 Å². The van der Waals surface area contributed by atoms with E-state index in [9.17, 15) is 26.7 Å². The molecule has 4 aromatic rings. The maximum absolute atomic E-state index is 14.1. The molecule has 3 aromatic carbocycles. The van der Waals surface area contributed by atoms with E-state index in [1.54, 1.807) is 24.3 Å². The van der Waals surface area contributed by atoms with E-state index in [2.05, 4.69) is 37.5 Å². The Morgan fingerprint density at radius 1 is 0.878 bits per heavy atom. The quantitative estimate of drug-likeness (QED) is 0.101. The molecule has 7 nitrogen and oxygen atoms in total. The van der Waals surface area contributed by atoms with E-state index < -0.39 is 46.4 Å². The highest BCUT2D eigenvalue weighted by Gasteiger charge is 2.27. The number of nitrogens with one attached hydrogen (secondary N) is 2. The molecule has 2 N–H and O–H groups in total. The molecule has 13 heteroatoms. The van der Waals surface area contributed by atoms with E-state index in [-0.39, 0.29) is 18.5 Å². The normalized spacial score (nSPS) is 13.9. The Kier molecular flexibility index (Phi) is 8.93. The number of carbonyl (C=O) groups excluding carboxylic acids is 1. The van der Waals surface area contributed by atoms with Gasteiger partial charge in [0.05, 0.1) is 13.1 Å². The lowest BCUT2D eigenvalue weighted by Crippen LogP contribution is -2.36. The molecule has 0 radical (unpaired) electrons. The Labute approximate surface area is 236 Å². The number of tetrazole rings is 1. The lowest BCUT2D eigenvalue weighted by atomic mass is 9.84. The van der Waals surface area contributed by atoms with Crippen molar-refractivity contribution in [2.75, 3.05) is 11.4 Å². The van der Waals surface area contributed by atoms with Gasteiger partial charge in [-0.05, 0) is 76.5 Å². The van der Waals surface area contributed by atoms with Crippen molar-refractivity contribution >= 4 is 23.5 Å². The second kappa shape index (κ2) is 12.8. The second-order valence-electron chi connectivity index (χ2n) is 9.68. The molecule has 1 aliphatic rings. The molecule has 214 valence electrons.